The minimum Gasteiger partial charge on any atom is -0.314 e. The van der Waals surface area contributed by atoms with Gasteiger partial charge in [0.2, 0.25) is 0 Å². The van der Waals surface area contributed by atoms with Gasteiger partial charge in [0.1, 0.15) is 0 Å². The summed E-state index contributed by atoms with van der Waals surface area (Å²) in [6, 6.07) is 0. The summed E-state index contributed by atoms with van der Waals surface area (Å²) in [4.78, 5) is 0. The molecule has 0 saturated carbocycles. The van der Waals surface area contributed by atoms with Crippen LogP contribution in [0.15, 0.2) is 0 Å². The normalized spacial score (nSPS) is 34.8. The molecule has 0 radical (unpaired) electrons. The van der Waals surface area contributed by atoms with Crippen LogP contribution in [0.1, 0.15) is 20.8 Å². The van der Waals surface area contributed by atoms with Crippen LogP contribution in [0, 0.1) is 5.92 Å². The van der Waals surface area contributed by atoms with E-state index in [0.717, 1.165) is 19.6 Å². The molecule has 0 spiro atoms. The van der Waals surface area contributed by atoms with Crippen LogP contribution in [0.2, 0.25) is 0 Å². The maximum atomic E-state index is 3.53. The lowest BCUT2D eigenvalue weighted by Crippen LogP contribution is -2.60. The fourth-order valence-corrected chi connectivity index (χ4v) is 1.26. The number of nitrogens with one attached hydrogen (secondary N) is 2. The van der Waals surface area contributed by atoms with Gasteiger partial charge in [0.15, 0.2) is 0 Å². The largest absolute Gasteiger partial charge is 0.314 e. The first kappa shape index (κ1) is 8.02. The summed E-state index contributed by atoms with van der Waals surface area (Å²) in [5.74, 6) is 0.709. The fraction of sp³-hybridized carbons (Fsp3) is 1.00. The van der Waals surface area contributed by atoms with E-state index in [2.05, 4.69) is 31.4 Å². The molecule has 0 aliphatic carbocycles. The topological polar surface area (TPSA) is 24.1 Å². The predicted molar refractivity (Wildman–Crippen MR) is 44.1 cm³/mol. The van der Waals surface area contributed by atoms with Crippen LogP contribution in [-0.4, -0.2) is 25.2 Å². The number of hydrogen-bond acceptors (Lipinski definition) is 2. The zero-order valence-electron chi connectivity index (χ0n) is 7.20. The van der Waals surface area contributed by atoms with E-state index in [1.54, 1.807) is 0 Å². The standard InChI is InChI=1S/C8H18N2/c1-7(2)8(3)6-9-4-5-10-8/h7,9-10H,4-6H2,1-3H3. The molecule has 10 heavy (non-hydrogen) atoms. The third kappa shape index (κ3) is 1.50. The second-order valence-corrected chi connectivity index (χ2v) is 3.68. The molecule has 1 heterocycles. The van der Waals surface area contributed by atoms with Crippen molar-refractivity contribution in [3.05, 3.63) is 0 Å². The first-order valence-corrected chi connectivity index (χ1v) is 4.11. The second kappa shape index (κ2) is 2.89. The molecular weight excluding hydrogens is 124 g/mol. The Hall–Kier alpha value is -0.0800. The monoisotopic (exact) mass is 142 g/mol. The first-order valence-electron chi connectivity index (χ1n) is 4.11. The van der Waals surface area contributed by atoms with Crippen molar-refractivity contribution in [3.8, 4) is 0 Å². The third-order valence-corrected chi connectivity index (χ3v) is 2.60. The minimum absolute atomic E-state index is 0.318. The third-order valence-electron chi connectivity index (χ3n) is 2.60. The molecule has 1 fully saturated rings. The van der Waals surface area contributed by atoms with Gasteiger partial charge in [-0.3, -0.25) is 0 Å². The number of rotatable bonds is 1. The van der Waals surface area contributed by atoms with Crippen molar-refractivity contribution in [2.24, 2.45) is 5.92 Å². The molecule has 0 aromatic carbocycles. The summed E-state index contributed by atoms with van der Waals surface area (Å²) in [7, 11) is 0. The van der Waals surface area contributed by atoms with Crippen molar-refractivity contribution in [3.63, 3.8) is 0 Å². The highest BCUT2D eigenvalue weighted by molar-refractivity contribution is 4.91. The Bertz CT molecular complexity index is 104. The Kier molecular flexibility index (Phi) is 2.32. The van der Waals surface area contributed by atoms with Crippen LogP contribution < -0.4 is 10.6 Å². The SMILES string of the molecule is CC(C)C1(C)CNCCN1. The zero-order chi connectivity index (χ0) is 7.61. The van der Waals surface area contributed by atoms with Gasteiger partial charge in [-0.25, -0.2) is 0 Å². The number of hydrogen-bond donors (Lipinski definition) is 2. The van der Waals surface area contributed by atoms with Crippen molar-refractivity contribution >= 4 is 0 Å². The van der Waals surface area contributed by atoms with Gasteiger partial charge in [0, 0.05) is 25.2 Å². The van der Waals surface area contributed by atoms with E-state index in [1.165, 1.54) is 0 Å². The van der Waals surface area contributed by atoms with E-state index in [4.69, 9.17) is 0 Å². The maximum absolute atomic E-state index is 3.53. The van der Waals surface area contributed by atoms with Crippen LogP contribution in [0.4, 0.5) is 0 Å². The predicted octanol–water partition coefficient (Wildman–Crippen LogP) is 0.594. The number of piperazine rings is 1. The van der Waals surface area contributed by atoms with Gasteiger partial charge < -0.3 is 10.6 Å². The molecule has 2 nitrogen and oxygen atoms in total. The van der Waals surface area contributed by atoms with Crippen molar-refractivity contribution in [2.75, 3.05) is 19.6 Å². The van der Waals surface area contributed by atoms with Crippen molar-refractivity contribution < 1.29 is 0 Å². The average Bonchev–Trinajstić information content (AvgIpc) is 1.89. The van der Waals surface area contributed by atoms with Crippen LogP contribution in [-0.2, 0) is 0 Å². The molecule has 1 aliphatic rings. The summed E-state index contributed by atoms with van der Waals surface area (Å²) in [6.45, 7) is 10.1. The molecule has 2 N–H and O–H groups in total. The smallest absolute Gasteiger partial charge is 0.0301 e. The Labute approximate surface area is 63.4 Å². The summed E-state index contributed by atoms with van der Waals surface area (Å²) >= 11 is 0. The summed E-state index contributed by atoms with van der Waals surface area (Å²) in [6.07, 6.45) is 0. The van der Waals surface area contributed by atoms with Gasteiger partial charge in [-0.05, 0) is 12.8 Å². The molecule has 0 aromatic rings. The fourth-order valence-electron chi connectivity index (χ4n) is 1.26. The Morgan fingerprint density at radius 2 is 2.00 bits per heavy atom. The van der Waals surface area contributed by atoms with Crippen LogP contribution >= 0.6 is 0 Å². The van der Waals surface area contributed by atoms with E-state index >= 15 is 0 Å². The molecular formula is C8H18N2. The van der Waals surface area contributed by atoms with E-state index < -0.39 is 0 Å². The van der Waals surface area contributed by atoms with Gasteiger partial charge in [-0.2, -0.15) is 0 Å². The highest BCUT2D eigenvalue weighted by atomic mass is 15.1. The van der Waals surface area contributed by atoms with E-state index in [-0.39, 0.29) is 0 Å². The summed E-state index contributed by atoms with van der Waals surface area (Å²) < 4.78 is 0. The van der Waals surface area contributed by atoms with Gasteiger partial charge >= 0.3 is 0 Å². The molecule has 0 amide bonds. The first-order chi connectivity index (χ1) is 4.65. The average molecular weight is 142 g/mol. The highest BCUT2D eigenvalue weighted by Gasteiger charge is 2.28. The molecule has 1 atom stereocenters. The lowest BCUT2D eigenvalue weighted by Gasteiger charge is -2.39. The Morgan fingerprint density at radius 3 is 2.30 bits per heavy atom. The molecule has 0 aromatic heterocycles. The lowest BCUT2D eigenvalue weighted by atomic mass is 9.87. The van der Waals surface area contributed by atoms with E-state index in [1.807, 2.05) is 0 Å². The molecule has 0 bridgehead atoms. The zero-order valence-corrected chi connectivity index (χ0v) is 7.20. The van der Waals surface area contributed by atoms with Crippen molar-refractivity contribution in [2.45, 2.75) is 26.3 Å². The van der Waals surface area contributed by atoms with Gasteiger partial charge in [-0.15, -0.1) is 0 Å². The van der Waals surface area contributed by atoms with Crippen LogP contribution in [0.5, 0.6) is 0 Å². The van der Waals surface area contributed by atoms with Crippen LogP contribution in [0.3, 0.4) is 0 Å². The quantitative estimate of drug-likeness (QED) is 0.560. The maximum Gasteiger partial charge on any atom is 0.0301 e. The van der Waals surface area contributed by atoms with Gasteiger partial charge in [0.25, 0.3) is 0 Å². The highest BCUT2D eigenvalue weighted by Crippen LogP contribution is 2.16. The molecule has 1 rings (SSSR count). The minimum atomic E-state index is 0.318. The lowest BCUT2D eigenvalue weighted by molar-refractivity contribution is 0.223. The molecule has 1 saturated heterocycles. The molecule has 60 valence electrons. The van der Waals surface area contributed by atoms with Gasteiger partial charge in [0.05, 0.1) is 0 Å². The van der Waals surface area contributed by atoms with Crippen molar-refractivity contribution in [1.82, 2.24) is 10.6 Å². The Balaban J connectivity index is 2.48. The summed E-state index contributed by atoms with van der Waals surface area (Å²) in [5.41, 5.74) is 0.318. The Morgan fingerprint density at radius 1 is 1.30 bits per heavy atom. The molecule has 1 unspecified atom stereocenters. The molecule has 1 aliphatic heterocycles. The van der Waals surface area contributed by atoms with Gasteiger partial charge in [-0.1, -0.05) is 13.8 Å². The molecule has 2 heteroatoms. The van der Waals surface area contributed by atoms with Crippen LogP contribution in [0.25, 0.3) is 0 Å². The van der Waals surface area contributed by atoms with E-state index in [0.29, 0.717) is 11.5 Å². The van der Waals surface area contributed by atoms with E-state index in [9.17, 15) is 0 Å². The summed E-state index contributed by atoms with van der Waals surface area (Å²) in [5, 5.41) is 6.93. The van der Waals surface area contributed by atoms with Crippen molar-refractivity contribution in [1.29, 1.82) is 0 Å². The second-order valence-electron chi connectivity index (χ2n) is 3.68.